The van der Waals surface area contributed by atoms with Crippen molar-refractivity contribution in [2.75, 3.05) is 57.8 Å². The highest BCUT2D eigenvalue weighted by molar-refractivity contribution is 5.91. The molecular formula is C17H27N3O3+2. The normalized spacial score (nSPS) is 23.3. The summed E-state index contributed by atoms with van der Waals surface area (Å²) in [6.45, 7) is 10.3. The fourth-order valence-corrected chi connectivity index (χ4v) is 3.20. The van der Waals surface area contributed by atoms with Gasteiger partial charge >= 0.3 is 0 Å². The number of fused-ring (bicyclic) bond motifs is 1. The number of benzene rings is 1. The topological polar surface area (TPSA) is 56.4 Å². The Balaban J connectivity index is 1.44. The molecule has 1 aromatic rings. The monoisotopic (exact) mass is 321 g/mol. The molecule has 2 aliphatic rings. The molecule has 0 saturated carbocycles. The van der Waals surface area contributed by atoms with E-state index in [1.54, 1.807) is 9.80 Å². The maximum absolute atomic E-state index is 12.1. The highest BCUT2D eigenvalue weighted by Crippen LogP contribution is 2.32. The number of nitrogens with one attached hydrogen (secondary N) is 3. The summed E-state index contributed by atoms with van der Waals surface area (Å²) >= 11 is 0. The minimum atomic E-state index is 0.0689. The van der Waals surface area contributed by atoms with Gasteiger partial charge in [0.1, 0.15) is 39.4 Å². The van der Waals surface area contributed by atoms with Crippen LogP contribution in [0.25, 0.3) is 0 Å². The molecule has 126 valence electrons. The maximum Gasteiger partial charge on any atom is 0.230 e. The minimum absolute atomic E-state index is 0.0689. The lowest BCUT2D eigenvalue weighted by Gasteiger charge is -2.28. The Labute approximate surface area is 137 Å². The van der Waals surface area contributed by atoms with Gasteiger partial charge in [-0.05, 0) is 19.1 Å². The molecule has 0 bridgehead atoms. The predicted molar refractivity (Wildman–Crippen MR) is 87.5 cm³/mol. The number of ether oxygens (including phenoxy) is 2. The third kappa shape index (κ3) is 4.36. The summed E-state index contributed by atoms with van der Waals surface area (Å²) in [5.74, 6) is 1.52. The summed E-state index contributed by atoms with van der Waals surface area (Å²) in [6, 6.07) is 5.55. The van der Waals surface area contributed by atoms with Crippen LogP contribution in [0.5, 0.6) is 11.5 Å². The van der Waals surface area contributed by atoms with E-state index in [9.17, 15) is 4.79 Å². The lowest BCUT2D eigenvalue weighted by molar-refractivity contribution is -1.01. The van der Waals surface area contributed by atoms with Crippen molar-refractivity contribution in [3.63, 3.8) is 0 Å². The summed E-state index contributed by atoms with van der Waals surface area (Å²) in [7, 11) is 0. The lowest BCUT2D eigenvalue weighted by atomic mass is 10.2. The van der Waals surface area contributed by atoms with Crippen LogP contribution in [0, 0.1) is 0 Å². The van der Waals surface area contributed by atoms with E-state index in [2.05, 4.69) is 12.2 Å². The third-order valence-corrected chi connectivity index (χ3v) is 4.70. The Hall–Kier alpha value is -1.79. The lowest BCUT2D eigenvalue weighted by Crippen LogP contribution is -3.28. The Bertz CT molecular complexity index is 542. The van der Waals surface area contributed by atoms with Gasteiger partial charge in [-0.15, -0.1) is 0 Å². The Morgan fingerprint density at radius 1 is 1.09 bits per heavy atom. The Kier molecular flexibility index (Phi) is 5.35. The molecule has 0 unspecified atom stereocenters. The van der Waals surface area contributed by atoms with Crippen molar-refractivity contribution in [2.45, 2.75) is 13.3 Å². The van der Waals surface area contributed by atoms with Crippen LogP contribution >= 0.6 is 0 Å². The van der Waals surface area contributed by atoms with E-state index in [4.69, 9.17) is 9.47 Å². The summed E-state index contributed by atoms with van der Waals surface area (Å²) < 4.78 is 11.0. The predicted octanol–water partition coefficient (Wildman–Crippen LogP) is -1.41. The highest BCUT2D eigenvalue weighted by Gasteiger charge is 2.22. The van der Waals surface area contributed by atoms with Crippen LogP contribution in [-0.2, 0) is 4.79 Å². The molecule has 3 N–H and O–H groups in total. The fraction of sp³-hybridized carbons (Fsp3) is 0.588. The zero-order valence-corrected chi connectivity index (χ0v) is 13.8. The molecule has 23 heavy (non-hydrogen) atoms. The second-order valence-electron chi connectivity index (χ2n) is 6.26. The highest BCUT2D eigenvalue weighted by atomic mass is 16.6. The molecule has 1 saturated heterocycles. The second-order valence-corrected chi connectivity index (χ2v) is 6.26. The number of carbonyl (C=O) groups excluding carboxylic acids is 1. The number of rotatable bonds is 5. The first-order valence-electron chi connectivity index (χ1n) is 8.61. The molecule has 0 aliphatic carbocycles. The zero-order chi connectivity index (χ0) is 16.1. The quantitative estimate of drug-likeness (QED) is 0.625. The van der Waals surface area contributed by atoms with Gasteiger partial charge in [-0.3, -0.25) is 4.79 Å². The van der Waals surface area contributed by atoms with E-state index in [1.807, 2.05) is 18.2 Å². The van der Waals surface area contributed by atoms with Crippen molar-refractivity contribution >= 4 is 11.6 Å². The molecule has 0 atom stereocenters. The molecule has 0 spiro atoms. The van der Waals surface area contributed by atoms with Crippen molar-refractivity contribution in [3.8, 4) is 11.5 Å². The molecule has 2 aliphatic heterocycles. The van der Waals surface area contributed by atoms with E-state index >= 15 is 0 Å². The fourth-order valence-electron chi connectivity index (χ4n) is 3.20. The number of piperazine rings is 1. The number of hydrogen-bond donors (Lipinski definition) is 3. The van der Waals surface area contributed by atoms with Gasteiger partial charge in [-0.1, -0.05) is 0 Å². The first kappa shape index (κ1) is 16.1. The van der Waals surface area contributed by atoms with Gasteiger partial charge in [0.05, 0.1) is 19.5 Å². The van der Waals surface area contributed by atoms with E-state index < -0.39 is 0 Å². The van der Waals surface area contributed by atoms with Gasteiger partial charge in [-0.25, -0.2) is 0 Å². The van der Waals surface area contributed by atoms with E-state index in [0.29, 0.717) is 25.4 Å². The van der Waals surface area contributed by atoms with Crippen LogP contribution in [0.15, 0.2) is 18.2 Å². The van der Waals surface area contributed by atoms with Crippen molar-refractivity contribution < 1.29 is 24.1 Å². The van der Waals surface area contributed by atoms with Crippen LogP contribution in [0.4, 0.5) is 5.69 Å². The van der Waals surface area contributed by atoms with Crippen molar-refractivity contribution in [1.82, 2.24) is 0 Å². The standard InChI is InChI=1S/C17H25N3O3/c1-2-19-7-9-20(10-8-19)6-5-17(21)18-14-3-4-15-16(13-14)23-12-11-22-15/h3-4,13H,2,5-12H2,1H3,(H,18,21)/p+2. The van der Waals surface area contributed by atoms with Gasteiger partial charge in [0.15, 0.2) is 11.5 Å². The summed E-state index contributed by atoms with van der Waals surface area (Å²) in [4.78, 5) is 15.4. The molecule has 2 heterocycles. The number of carbonyl (C=O) groups is 1. The number of anilines is 1. The molecule has 3 rings (SSSR count). The van der Waals surface area contributed by atoms with E-state index in [1.165, 1.54) is 32.7 Å². The first-order chi connectivity index (χ1) is 11.2. The van der Waals surface area contributed by atoms with Gasteiger partial charge in [0.2, 0.25) is 5.91 Å². The molecular weight excluding hydrogens is 294 g/mol. The number of hydrogen-bond acceptors (Lipinski definition) is 3. The average molecular weight is 321 g/mol. The maximum atomic E-state index is 12.1. The molecule has 1 fully saturated rings. The van der Waals surface area contributed by atoms with Crippen LogP contribution < -0.4 is 24.6 Å². The van der Waals surface area contributed by atoms with Gasteiger partial charge in [-0.2, -0.15) is 0 Å². The van der Waals surface area contributed by atoms with Crippen LogP contribution in [0.2, 0.25) is 0 Å². The van der Waals surface area contributed by atoms with Crippen LogP contribution in [0.1, 0.15) is 13.3 Å². The van der Waals surface area contributed by atoms with Crippen molar-refractivity contribution in [1.29, 1.82) is 0 Å². The second kappa shape index (κ2) is 7.66. The molecule has 0 radical (unpaired) electrons. The molecule has 1 amide bonds. The Morgan fingerprint density at radius 2 is 1.78 bits per heavy atom. The summed E-state index contributed by atoms with van der Waals surface area (Å²) in [5, 5.41) is 2.96. The van der Waals surface area contributed by atoms with Gasteiger partial charge in [0.25, 0.3) is 0 Å². The van der Waals surface area contributed by atoms with Crippen molar-refractivity contribution in [3.05, 3.63) is 18.2 Å². The third-order valence-electron chi connectivity index (χ3n) is 4.70. The van der Waals surface area contributed by atoms with Crippen LogP contribution in [0.3, 0.4) is 0 Å². The molecule has 6 nitrogen and oxygen atoms in total. The first-order valence-corrected chi connectivity index (χ1v) is 8.61. The molecule has 1 aromatic carbocycles. The van der Waals surface area contributed by atoms with E-state index in [0.717, 1.165) is 18.0 Å². The van der Waals surface area contributed by atoms with Gasteiger partial charge < -0.3 is 24.6 Å². The SMILES string of the molecule is CC[NH+]1CC[NH+](CCC(=O)Nc2ccc3c(c2)OCCO3)CC1. The summed E-state index contributed by atoms with van der Waals surface area (Å²) in [5.41, 5.74) is 0.773. The molecule has 6 heteroatoms. The average Bonchev–Trinajstić information content (AvgIpc) is 2.60. The van der Waals surface area contributed by atoms with Crippen molar-refractivity contribution in [2.24, 2.45) is 0 Å². The Morgan fingerprint density at radius 3 is 2.52 bits per heavy atom. The number of likely N-dealkylation sites (N-methyl/N-ethyl adjacent to an activating group) is 1. The zero-order valence-electron chi connectivity index (χ0n) is 13.8. The number of quaternary nitrogens is 2. The summed E-state index contributed by atoms with van der Waals surface area (Å²) in [6.07, 6.45) is 0.561. The largest absolute Gasteiger partial charge is 0.486 e. The van der Waals surface area contributed by atoms with Gasteiger partial charge in [0, 0.05) is 11.8 Å². The molecule has 0 aromatic heterocycles. The van der Waals surface area contributed by atoms with E-state index in [-0.39, 0.29) is 5.91 Å². The number of amides is 1. The minimum Gasteiger partial charge on any atom is -0.486 e. The smallest absolute Gasteiger partial charge is 0.230 e. The van der Waals surface area contributed by atoms with Crippen LogP contribution in [-0.4, -0.2) is 58.4 Å².